The highest BCUT2D eigenvalue weighted by molar-refractivity contribution is 5.95. The van der Waals surface area contributed by atoms with Crippen LogP contribution < -0.4 is 0 Å². The van der Waals surface area contributed by atoms with Crippen molar-refractivity contribution in [1.82, 2.24) is 0 Å². The topological polar surface area (TPSA) is 43.4 Å². The van der Waals surface area contributed by atoms with E-state index in [1.807, 2.05) is 49.4 Å². The summed E-state index contributed by atoms with van der Waals surface area (Å²) in [7, 11) is 0. The van der Waals surface area contributed by atoms with E-state index in [4.69, 9.17) is 4.74 Å². The molecule has 0 N–H and O–H groups in total. The van der Waals surface area contributed by atoms with Crippen LogP contribution in [0.4, 0.5) is 0 Å². The standard InChI is InChI=1S/C20H24O3/c1-3-4-6-11-18-17(12-13-19(18)21)14-20(22)23-15(2)16-9-7-5-8-10-16/h4-10,12-13,15,17-18H,3,11,14H2,1-2H3/b6-4-/t15?,17-,18+/m0/s1. The maximum absolute atomic E-state index is 12.2. The lowest BCUT2D eigenvalue weighted by atomic mass is 9.89. The number of hydrogen-bond donors (Lipinski definition) is 0. The monoisotopic (exact) mass is 312 g/mol. The first-order valence-corrected chi connectivity index (χ1v) is 8.23. The second-order valence-corrected chi connectivity index (χ2v) is 5.89. The third-order valence-corrected chi connectivity index (χ3v) is 4.16. The van der Waals surface area contributed by atoms with Gasteiger partial charge in [-0.3, -0.25) is 9.59 Å². The fourth-order valence-corrected chi connectivity index (χ4v) is 2.83. The summed E-state index contributed by atoms with van der Waals surface area (Å²) < 4.78 is 5.51. The average molecular weight is 312 g/mol. The van der Waals surface area contributed by atoms with Gasteiger partial charge in [-0.15, -0.1) is 0 Å². The summed E-state index contributed by atoms with van der Waals surface area (Å²) in [6.07, 6.45) is 9.15. The molecule has 1 aliphatic carbocycles. The lowest BCUT2D eigenvalue weighted by molar-refractivity contribution is -0.149. The zero-order valence-corrected chi connectivity index (χ0v) is 13.8. The Kier molecular flexibility index (Phi) is 6.33. The average Bonchev–Trinajstić information content (AvgIpc) is 2.89. The molecule has 2 rings (SSSR count). The Morgan fingerprint density at radius 2 is 2.00 bits per heavy atom. The Morgan fingerprint density at radius 1 is 1.26 bits per heavy atom. The molecule has 23 heavy (non-hydrogen) atoms. The molecule has 0 saturated carbocycles. The molecular weight excluding hydrogens is 288 g/mol. The van der Waals surface area contributed by atoms with Crippen molar-refractivity contribution in [3.63, 3.8) is 0 Å². The van der Waals surface area contributed by atoms with E-state index in [1.165, 1.54) is 0 Å². The van der Waals surface area contributed by atoms with E-state index in [-0.39, 0.29) is 36.1 Å². The molecule has 0 spiro atoms. The number of benzene rings is 1. The summed E-state index contributed by atoms with van der Waals surface area (Å²) in [5.41, 5.74) is 0.973. The molecule has 0 fully saturated rings. The summed E-state index contributed by atoms with van der Waals surface area (Å²) in [5.74, 6) is -0.327. The van der Waals surface area contributed by atoms with Crippen molar-refractivity contribution in [1.29, 1.82) is 0 Å². The normalized spacial score (nSPS) is 21.7. The zero-order chi connectivity index (χ0) is 16.7. The van der Waals surface area contributed by atoms with Crippen molar-refractivity contribution in [2.24, 2.45) is 11.8 Å². The van der Waals surface area contributed by atoms with Crippen LogP contribution in [0.5, 0.6) is 0 Å². The van der Waals surface area contributed by atoms with Crippen LogP contribution in [-0.2, 0) is 14.3 Å². The maximum atomic E-state index is 12.2. The van der Waals surface area contributed by atoms with Crippen molar-refractivity contribution < 1.29 is 14.3 Å². The fraction of sp³-hybridized carbons (Fsp3) is 0.400. The molecule has 1 aromatic rings. The third kappa shape index (κ3) is 4.92. The maximum Gasteiger partial charge on any atom is 0.307 e. The van der Waals surface area contributed by atoms with Crippen LogP contribution >= 0.6 is 0 Å². The minimum atomic E-state index is -0.275. The van der Waals surface area contributed by atoms with Crippen LogP contribution in [0, 0.1) is 11.8 Å². The molecule has 0 bridgehead atoms. The highest BCUT2D eigenvalue weighted by Crippen LogP contribution is 2.30. The van der Waals surface area contributed by atoms with E-state index < -0.39 is 0 Å². The van der Waals surface area contributed by atoms with E-state index in [9.17, 15) is 9.59 Å². The highest BCUT2D eigenvalue weighted by Gasteiger charge is 2.31. The van der Waals surface area contributed by atoms with E-state index in [0.29, 0.717) is 6.42 Å². The van der Waals surface area contributed by atoms with Crippen LogP contribution in [0.15, 0.2) is 54.6 Å². The van der Waals surface area contributed by atoms with Crippen molar-refractivity contribution in [3.8, 4) is 0 Å². The summed E-state index contributed by atoms with van der Waals surface area (Å²) >= 11 is 0. The molecule has 0 saturated heterocycles. The molecule has 1 unspecified atom stereocenters. The van der Waals surface area contributed by atoms with E-state index in [0.717, 1.165) is 12.0 Å². The van der Waals surface area contributed by atoms with Gasteiger partial charge in [-0.1, -0.05) is 55.5 Å². The molecule has 1 aromatic carbocycles. The molecule has 1 aliphatic rings. The first-order chi connectivity index (χ1) is 11.1. The molecule has 0 aliphatic heterocycles. The molecule has 0 aromatic heterocycles. The van der Waals surface area contributed by atoms with Gasteiger partial charge in [0, 0.05) is 5.92 Å². The first kappa shape index (κ1) is 17.2. The van der Waals surface area contributed by atoms with Crippen LogP contribution in [0.3, 0.4) is 0 Å². The fourth-order valence-electron chi connectivity index (χ4n) is 2.83. The Hall–Kier alpha value is -2.16. The van der Waals surface area contributed by atoms with Gasteiger partial charge in [-0.05, 0) is 37.3 Å². The predicted octanol–water partition coefficient (Wildman–Crippen LogP) is 4.41. The van der Waals surface area contributed by atoms with Crippen LogP contribution in [-0.4, -0.2) is 11.8 Å². The number of esters is 1. The number of ketones is 1. The van der Waals surface area contributed by atoms with E-state index in [1.54, 1.807) is 6.08 Å². The van der Waals surface area contributed by atoms with Crippen molar-refractivity contribution in [2.75, 3.05) is 0 Å². The Balaban J connectivity index is 1.89. The van der Waals surface area contributed by atoms with Crippen LogP contribution in [0.2, 0.25) is 0 Å². The second-order valence-electron chi connectivity index (χ2n) is 5.89. The minimum absolute atomic E-state index is 0.0560. The quantitative estimate of drug-likeness (QED) is 0.553. The van der Waals surface area contributed by atoms with Gasteiger partial charge < -0.3 is 4.74 Å². The van der Waals surface area contributed by atoms with Crippen molar-refractivity contribution in [3.05, 3.63) is 60.2 Å². The van der Waals surface area contributed by atoms with Crippen LogP contribution in [0.25, 0.3) is 0 Å². The summed E-state index contributed by atoms with van der Waals surface area (Å²) in [4.78, 5) is 24.1. The molecule has 0 amide bonds. The zero-order valence-electron chi connectivity index (χ0n) is 13.8. The Bertz CT molecular complexity index is 586. The second kappa shape index (κ2) is 8.47. The minimum Gasteiger partial charge on any atom is -0.458 e. The van der Waals surface area contributed by atoms with Crippen molar-refractivity contribution >= 4 is 11.8 Å². The summed E-state index contributed by atoms with van der Waals surface area (Å²) in [6, 6.07) is 9.66. The number of ether oxygens (including phenoxy) is 1. The Labute approximate surface area is 138 Å². The molecule has 3 nitrogen and oxygen atoms in total. The molecule has 122 valence electrons. The van der Waals surface area contributed by atoms with Gasteiger partial charge >= 0.3 is 5.97 Å². The molecule has 0 heterocycles. The summed E-state index contributed by atoms with van der Waals surface area (Å²) in [5, 5.41) is 0. The Morgan fingerprint density at radius 3 is 2.70 bits per heavy atom. The molecular formula is C20H24O3. The van der Waals surface area contributed by atoms with E-state index in [2.05, 4.69) is 13.0 Å². The molecule has 3 heteroatoms. The van der Waals surface area contributed by atoms with Crippen molar-refractivity contribution in [2.45, 2.75) is 39.2 Å². The van der Waals surface area contributed by atoms with Gasteiger partial charge in [0.1, 0.15) is 6.10 Å². The largest absolute Gasteiger partial charge is 0.458 e. The first-order valence-electron chi connectivity index (χ1n) is 8.23. The lowest BCUT2D eigenvalue weighted by Gasteiger charge is -2.18. The number of carbonyl (C=O) groups is 2. The number of carbonyl (C=O) groups excluding carboxylic acids is 2. The van der Waals surface area contributed by atoms with Gasteiger partial charge in [-0.2, -0.15) is 0 Å². The lowest BCUT2D eigenvalue weighted by Crippen LogP contribution is -2.20. The number of allylic oxidation sites excluding steroid dienone is 4. The van der Waals surface area contributed by atoms with Gasteiger partial charge in [0.15, 0.2) is 5.78 Å². The van der Waals surface area contributed by atoms with Crippen LogP contribution in [0.1, 0.15) is 44.8 Å². The summed E-state index contributed by atoms with van der Waals surface area (Å²) in [6.45, 7) is 3.93. The predicted molar refractivity (Wildman–Crippen MR) is 90.7 cm³/mol. The number of hydrogen-bond acceptors (Lipinski definition) is 3. The van der Waals surface area contributed by atoms with Gasteiger partial charge in [0.25, 0.3) is 0 Å². The molecule has 3 atom stereocenters. The number of rotatable bonds is 7. The SMILES string of the molecule is CC/C=C\C[C@H]1C(=O)C=C[C@H]1CC(=O)OC(C)c1ccccc1. The van der Waals surface area contributed by atoms with E-state index >= 15 is 0 Å². The smallest absolute Gasteiger partial charge is 0.307 e. The van der Waals surface area contributed by atoms with Gasteiger partial charge in [0.2, 0.25) is 0 Å². The van der Waals surface area contributed by atoms with Gasteiger partial charge in [0.05, 0.1) is 6.42 Å². The third-order valence-electron chi connectivity index (χ3n) is 4.16. The highest BCUT2D eigenvalue weighted by atomic mass is 16.5. The van der Waals surface area contributed by atoms with Gasteiger partial charge in [-0.25, -0.2) is 0 Å². The molecule has 0 radical (unpaired) electrons.